The molecule has 1 heteroatoms. The molecule has 0 atom stereocenters. The molecule has 0 amide bonds. The fourth-order valence-corrected chi connectivity index (χ4v) is 24.6. The van der Waals surface area contributed by atoms with Crippen molar-refractivity contribution in [2.45, 2.75) is 96.4 Å². The summed E-state index contributed by atoms with van der Waals surface area (Å²) in [5.74, 6) is 0. The summed E-state index contributed by atoms with van der Waals surface area (Å²) in [4.78, 5) is 0. The minimum atomic E-state index is -1.83. The fraction of sp³-hybridized carbons (Fsp3) is 0.800. The molecule has 21 heavy (non-hydrogen) atoms. The van der Waals surface area contributed by atoms with Gasteiger partial charge in [0.1, 0.15) is 0 Å². The summed E-state index contributed by atoms with van der Waals surface area (Å²) in [6.07, 6.45) is 27.9. The summed E-state index contributed by atoms with van der Waals surface area (Å²) in [5.41, 5.74) is 0. The van der Waals surface area contributed by atoms with Crippen LogP contribution in [0.25, 0.3) is 0 Å². The van der Waals surface area contributed by atoms with Crippen LogP contribution in [0.3, 0.4) is 0 Å². The summed E-state index contributed by atoms with van der Waals surface area (Å²) in [7, 11) is 0. The zero-order chi connectivity index (χ0) is 14.1. The molecule has 0 aliphatic heterocycles. The number of allylic oxidation sites excluding steroid dienone is 4. The van der Waals surface area contributed by atoms with Crippen LogP contribution in [-0.2, 0) is 16.1 Å². The molecule has 4 aliphatic carbocycles. The molecule has 122 valence electrons. The first-order valence-corrected chi connectivity index (χ1v) is 14.4. The topological polar surface area (TPSA) is 0 Å². The third kappa shape index (κ3) is 2.45. The van der Waals surface area contributed by atoms with Crippen molar-refractivity contribution in [3.63, 3.8) is 0 Å². The van der Waals surface area contributed by atoms with E-state index in [2.05, 4.69) is 18.2 Å². The number of hydrogen-bond acceptors (Lipinski definition) is 0. The molecule has 0 aromatic heterocycles. The van der Waals surface area contributed by atoms with E-state index in [1.807, 2.05) is 3.96 Å². The Morgan fingerprint density at radius 1 is 0.667 bits per heavy atom. The van der Waals surface area contributed by atoms with Crippen molar-refractivity contribution in [1.82, 2.24) is 0 Å². The van der Waals surface area contributed by atoms with Gasteiger partial charge in [-0.2, -0.15) is 0 Å². The summed E-state index contributed by atoms with van der Waals surface area (Å²) in [5, 5.41) is 0. The summed E-state index contributed by atoms with van der Waals surface area (Å²) >= 11 is -1.83. The second kappa shape index (κ2) is 6.35. The molecule has 0 bridgehead atoms. The average Bonchev–Trinajstić information content (AvgIpc) is 3.32. The van der Waals surface area contributed by atoms with Crippen LogP contribution in [0.5, 0.6) is 0 Å². The molecule has 0 unspecified atom stereocenters. The number of rotatable bonds is 4. The van der Waals surface area contributed by atoms with Gasteiger partial charge in [-0.1, -0.05) is 0 Å². The minimum absolute atomic E-state index is 1.20. The average molecular weight is 468 g/mol. The predicted octanol–water partition coefficient (Wildman–Crippen LogP) is 7.07. The molecule has 0 spiro atoms. The van der Waals surface area contributed by atoms with E-state index >= 15 is 0 Å². The van der Waals surface area contributed by atoms with Crippen molar-refractivity contribution in [2.75, 3.05) is 0 Å². The van der Waals surface area contributed by atoms with E-state index in [1.54, 1.807) is 77.0 Å². The van der Waals surface area contributed by atoms with Crippen molar-refractivity contribution in [1.29, 1.82) is 0 Å². The molecular formula is C20H32Pt. The van der Waals surface area contributed by atoms with Gasteiger partial charge in [0.05, 0.1) is 0 Å². The van der Waals surface area contributed by atoms with Gasteiger partial charge in [0.25, 0.3) is 0 Å². The van der Waals surface area contributed by atoms with E-state index < -0.39 is 16.1 Å². The second-order valence-corrected chi connectivity index (χ2v) is 18.6. The van der Waals surface area contributed by atoms with Gasteiger partial charge in [0, 0.05) is 0 Å². The van der Waals surface area contributed by atoms with Crippen LogP contribution in [0.1, 0.15) is 83.5 Å². The molecule has 4 aliphatic rings. The third-order valence-corrected chi connectivity index (χ3v) is 22.6. The molecule has 0 aromatic carbocycles. The molecule has 0 radical (unpaired) electrons. The molecule has 0 aromatic rings. The normalized spacial score (nSPS) is 29.6. The molecular weight excluding hydrogens is 435 g/mol. The molecule has 0 N–H and O–H groups in total. The van der Waals surface area contributed by atoms with Gasteiger partial charge in [0.2, 0.25) is 0 Å². The maximum absolute atomic E-state index is 2.63. The predicted molar refractivity (Wildman–Crippen MR) is 88.5 cm³/mol. The first-order chi connectivity index (χ1) is 10.4. The fourth-order valence-electron chi connectivity index (χ4n) is 5.20. The van der Waals surface area contributed by atoms with Gasteiger partial charge in [0.15, 0.2) is 0 Å². The van der Waals surface area contributed by atoms with Crippen molar-refractivity contribution < 1.29 is 16.1 Å². The van der Waals surface area contributed by atoms with Crippen molar-refractivity contribution in [2.24, 2.45) is 0 Å². The Hall–Kier alpha value is 0.168. The van der Waals surface area contributed by atoms with Gasteiger partial charge in [-0.15, -0.1) is 0 Å². The van der Waals surface area contributed by atoms with E-state index in [-0.39, 0.29) is 0 Å². The van der Waals surface area contributed by atoms with Gasteiger partial charge in [-0.25, -0.2) is 0 Å². The van der Waals surface area contributed by atoms with Crippen LogP contribution in [0.4, 0.5) is 0 Å². The van der Waals surface area contributed by atoms with Crippen LogP contribution in [0.2, 0.25) is 12.9 Å². The first-order valence-electron chi connectivity index (χ1n) is 9.37. The van der Waals surface area contributed by atoms with Gasteiger partial charge < -0.3 is 0 Å². The molecule has 4 rings (SSSR count). The monoisotopic (exact) mass is 467 g/mol. The van der Waals surface area contributed by atoms with Gasteiger partial charge in [-0.3, -0.25) is 0 Å². The Labute approximate surface area is 134 Å². The van der Waals surface area contributed by atoms with Crippen LogP contribution >= 0.6 is 0 Å². The Morgan fingerprint density at radius 2 is 1.10 bits per heavy atom. The zero-order valence-electron chi connectivity index (χ0n) is 13.5. The van der Waals surface area contributed by atoms with Crippen LogP contribution in [0, 0.1) is 0 Å². The van der Waals surface area contributed by atoms with Crippen molar-refractivity contribution >= 4 is 0 Å². The Morgan fingerprint density at radius 3 is 1.43 bits per heavy atom. The zero-order valence-corrected chi connectivity index (χ0v) is 15.7. The quantitative estimate of drug-likeness (QED) is 0.415. The molecule has 3 saturated carbocycles. The number of hydrogen-bond donors (Lipinski definition) is 0. The standard InChI is InChI=1S/3C5H9.C5H5.Pt/c4*1-2-4-5-3-1;/h3*1H,2-5H2;1-3H,4H2;. The summed E-state index contributed by atoms with van der Waals surface area (Å²) in [6.45, 7) is 0. The van der Waals surface area contributed by atoms with E-state index in [0.29, 0.717) is 0 Å². The first kappa shape index (κ1) is 14.7. The molecule has 0 heterocycles. The van der Waals surface area contributed by atoms with Crippen LogP contribution in [-0.4, -0.2) is 0 Å². The van der Waals surface area contributed by atoms with Crippen LogP contribution in [0.15, 0.2) is 22.2 Å². The molecule has 3 fully saturated rings. The van der Waals surface area contributed by atoms with Gasteiger partial charge in [-0.05, 0) is 0 Å². The van der Waals surface area contributed by atoms with Gasteiger partial charge >= 0.3 is 135 Å². The van der Waals surface area contributed by atoms with Crippen molar-refractivity contribution in [3.8, 4) is 0 Å². The van der Waals surface area contributed by atoms with E-state index in [1.165, 1.54) is 19.3 Å². The molecule has 0 nitrogen and oxygen atoms in total. The summed E-state index contributed by atoms with van der Waals surface area (Å²) in [6, 6.07) is 0. The van der Waals surface area contributed by atoms with E-state index in [9.17, 15) is 0 Å². The second-order valence-electron chi connectivity index (χ2n) is 7.29. The SMILES string of the molecule is C1=CC[C]([Pt]([CH]2CCCC2)([CH]2CCCC2)[CH]2CCCC2)=C1. The van der Waals surface area contributed by atoms with Crippen LogP contribution < -0.4 is 0 Å². The van der Waals surface area contributed by atoms with E-state index in [4.69, 9.17) is 0 Å². The Balaban J connectivity index is 1.76. The van der Waals surface area contributed by atoms with E-state index in [0.717, 1.165) is 0 Å². The Bertz CT molecular complexity index is 374. The van der Waals surface area contributed by atoms with Crippen molar-refractivity contribution in [3.05, 3.63) is 22.2 Å². The summed E-state index contributed by atoms with van der Waals surface area (Å²) < 4.78 is 5.66. The Kier molecular flexibility index (Phi) is 4.46. The third-order valence-electron chi connectivity index (χ3n) is 6.08. The molecule has 0 saturated heterocycles. The maximum atomic E-state index is 2.63.